The van der Waals surface area contributed by atoms with Crippen molar-refractivity contribution in [1.29, 1.82) is 0 Å². The average Bonchev–Trinajstić information content (AvgIpc) is 1.95. The second kappa shape index (κ2) is 3.88. The van der Waals surface area contributed by atoms with E-state index in [1.807, 2.05) is 0 Å². The minimum absolute atomic E-state index is 0.0178. The van der Waals surface area contributed by atoms with Crippen molar-refractivity contribution < 1.29 is 12.6 Å². The van der Waals surface area contributed by atoms with E-state index < -0.39 is 9.33 Å². The Balaban J connectivity index is 3.15. The van der Waals surface area contributed by atoms with Gasteiger partial charge in [-0.3, -0.25) is 0 Å². The molecule has 0 fully saturated rings. The van der Waals surface area contributed by atoms with E-state index in [1.165, 1.54) is 12.3 Å². The van der Waals surface area contributed by atoms with Crippen LogP contribution in [0.25, 0.3) is 0 Å². The zero-order valence-corrected chi connectivity index (χ0v) is 8.95. The van der Waals surface area contributed by atoms with Crippen molar-refractivity contribution >= 4 is 43.2 Å². The van der Waals surface area contributed by atoms with Crippen LogP contribution in [0, 0.1) is 0 Å². The minimum Gasteiger partial charge on any atom is -0.366 e. The number of nitrogens with zero attached hydrogens (tertiary/aromatic N) is 1. The Morgan fingerprint density at radius 3 is 2.46 bits per heavy atom. The molecule has 0 N–H and O–H groups in total. The quantitative estimate of drug-likeness (QED) is 0.606. The normalized spacial score (nSPS) is 11.3. The summed E-state index contributed by atoms with van der Waals surface area (Å²) >= 11 is 11.1. The molecule has 0 bridgehead atoms. The average molecular weight is 263 g/mol. The zero-order valence-electron chi connectivity index (χ0n) is 5.87. The first-order valence-electron chi connectivity index (χ1n) is 2.84. The van der Waals surface area contributed by atoms with Gasteiger partial charge in [0.25, 0.3) is 0 Å². The summed E-state index contributed by atoms with van der Waals surface area (Å²) in [4.78, 5) is 3.56. The van der Waals surface area contributed by atoms with Crippen molar-refractivity contribution in [2.45, 2.75) is 0 Å². The lowest BCUT2D eigenvalue weighted by atomic mass is 10.5. The molecule has 1 heterocycles. The summed E-state index contributed by atoms with van der Waals surface area (Å²) in [6, 6.07) is 1.32. The van der Waals surface area contributed by atoms with Crippen LogP contribution in [0.5, 0.6) is 5.75 Å². The summed E-state index contributed by atoms with van der Waals surface area (Å²) in [6.07, 6.45) is 1.30. The van der Waals surface area contributed by atoms with E-state index in [9.17, 15) is 8.42 Å². The standard InChI is InChI=1S/C5H2Cl3NO3S/c6-3-1-2-9-5(7)4(3)12-13(8,10)11/h1-2H. The summed E-state index contributed by atoms with van der Waals surface area (Å²) in [5.41, 5.74) is 0. The van der Waals surface area contributed by atoms with Crippen LogP contribution in [0.1, 0.15) is 0 Å². The number of pyridine rings is 1. The van der Waals surface area contributed by atoms with Crippen LogP contribution < -0.4 is 4.18 Å². The molecule has 0 amide bonds. The molecule has 1 aromatic rings. The summed E-state index contributed by atoms with van der Waals surface area (Å²) in [5, 5.41) is -0.152. The van der Waals surface area contributed by atoms with Crippen molar-refractivity contribution in [3.8, 4) is 5.75 Å². The first-order chi connectivity index (χ1) is 5.90. The number of hydrogen-bond donors (Lipinski definition) is 0. The van der Waals surface area contributed by atoms with Crippen LogP contribution in [0.3, 0.4) is 0 Å². The molecule has 8 heteroatoms. The van der Waals surface area contributed by atoms with Gasteiger partial charge in [0, 0.05) is 6.20 Å². The number of hydrogen-bond acceptors (Lipinski definition) is 4. The predicted octanol–water partition coefficient (Wildman–Crippen LogP) is 2.25. The molecule has 0 aliphatic heterocycles. The van der Waals surface area contributed by atoms with Gasteiger partial charge < -0.3 is 4.18 Å². The van der Waals surface area contributed by atoms with Gasteiger partial charge in [-0.2, -0.15) is 8.42 Å². The van der Waals surface area contributed by atoms with Crippen molar-refractivity contribution in [2.24, 2.45) is 0 Å². The molecule has 13 heavy (non-hydrogen) atoms. The van der Waals surface area contributed by atoms with Gasteiger partial charge in [0.05, 0.1) is 15.7 Å². The number of halogens is 3. The molecule has 0 aliphatic rings. The second-order valence-electron chi connectivity index (χ2n) is 1.89. The van der Waals surface area contributed by atoms with E-state index in [0.717, 1.165) is 0 Å². The SMILES string of the molecule is O=S(=O)(Cl)Oc1c(Cl)ccnc1Cl. The van der Waals surface area contributed by atoms with Crippen LogP contribution in [0.2, 0.25) is 10.2 Å². The third kappa shape index (κ3) is 3.19. The Labute approximate surface area is 89.0 Å². The maximum Gasteiger partial charge on any atom is 0.401 e. The molecule has 0 spiro atoms. The van der Waals surface area contributed by atoms with Gasteiger partial charge in [-0.1, -0.05) is 23.2 Å². The highest BCUT2D eigenvalue weighted by atomic mass is 35.7. The monoisotopic (exact) mass is 261 g/mol. The summed E-state index contributed by atoms with van der Waals surface area (Å²) in [5.74, 6) is -0.277. The molecule has 72 valence electrons. The molecule has 4 nitrogen and oxygen atoms in total. The molecule has 1 aromatic heterocycles. The van der Waals surface area contributed by atoms with Gasteiger partial charge in [0.15, 0.2) is 10.9 Å². The molecule has 0 aliphatic carbocycles. The zero-order chi connectivity index (χ0) is 10.1. The third-order valence-electron chi connectivity index (χ3n) is 0.996. The van der Waals surface area contributed by atoms with Gasteiger partial charge in [-0.05, 0) is 6.07 Å². The summed E-state index contributed by atoms with van der Waals surface area (Å²) in [6.45, 7) is 0. The van der Waals surface area contributed by atoms with Gasteiger partial charge >= 0.3 is 9.33 Å². The predicted molar refractivity (Wildman–Crippen MR) is 49.7 cm³/mol. The van der Waals surface area contributed by atoms with Crippen LogP contribution in [0.4, 0.5) is 0 Å². The van der Waals surface area contributed by atoms with Crippen LogP contribution >= 0.6 is 33.9 Å². The van der Waals surface area contributed by atoms with E-state index in [0.29, 0.717) is 0 Å². The Morgan fingerprint density at radius 1 is 1.38 bits per heavy atom. The third-order valence-corrected chi connectivity index (χ3v) is 2.12. The Hall–Kier alpha value is -0.230. The van der Waals surface area contributed by atoms with E-state index in [1.54, 1.807) is 0 Å². The van der Waals surface area contributed by atoms with Gasteiger partial charge in [-0.15, -0.1) is 0 Å². The van der Waals surface area contributed by atoms with E-state index in [2.05, 4.69) is 9.17 Å². The topological polar surface area (TPSA) is 56.3 Å². The Morgan fingerprint density at radius 2 is 2.00 bits per heavy atom. The van der Waals surface area contributed by atoms with E-state index in [4.69, 9.17) is 33.9 Å². The fraction of sp³-hybridized carbons (Fsp3) is 0. The molecule has 0 aromatic carbocycles. The van der Waals surface area contributed by atoms with Crippen molar-refractivity contribution in [2.75, 3.05) is 0 Å². The number of rotatable bonds is 2. The molecule has 0 saturated carbocycles. The van der Waals surface area contributed by atoms with Crippen LogP contribution in [-0.4, -0.2) is 13.4 Å². The molecule has 0 radical (unpaired) electrons. The number of aromatic nitrogens is 1. The fourth-order valence-electron chi connectivity index (χ4n) is 0.575. The maximum atomic E-state index is 10.5. The lowest BCUT2D eigenvalue weighted by Gasteiger charge is -2.03. The highest BCUT2D eigenvalue weighted by Gasteiger charge is 2.15. The first-order valence-corrected chi connectivity index (χ1v) is 5.83. The van der Waals surface area contributed by atoms with Gasteiger partial charge in [-0.25, -0.2) is 4.98 Å². The smallest absolute Gasteiger partial charge is 0.366 e. The highest BCUT2D eigenvalue weighted by Crippen LogP contribution is 2.31. The van der Waals surface area contributed by atoms with Crippen molar-refractivity contribution in [1.82, 2.24) is 4.98 Å². The van der Waals surface area contributed by atoms with Crippen molar-refractivity contribution in [3.63, 3.8) is 0 Å². The molecule has 0 unspecified atom stereocenters. The Bertz CT molecular complexity index is 399. The van der Waals surface area contributed by atoms with Gasteiger partial charge in [0.1, 0.15) is 0 Å². The molecule has 0 saturated heterocycles. The van der Waals surface area contributed by atoms with Crippen LogP contribution in [0.15, 0.2) is 12.3 Å². The van der Waals surface area contributed by atoms with Gasteiger partial charge in [0.2, 0.25) is 0 Å². The maximum absolute atomic E-state index is 10.5. The van der Waals surface area contributed by atoms with E-state index in [-0.39, 0.29) is 15.9 Å². The minimum atomic E-state index is -4.16. The second-order valence-corrected chi connectivity index (χ2v) is 4.74. The fourth-order valence-corrected chi connectivity index (χ4v) is 1.65. The lowest BCUT2D eigenvalue weighted by molar-refractivity contribution is 0.502. The largest absolute Gasteiger partial charge is 0.401 e. The summed E-state index contributed by atoms with van der Waals surface area (Å²) < 4.78 is 25.3. The lowest BCUT2D eigenvalue weighted by Crippen LogP contribution is -2.01. The molecular weight excluding hydrogens is 260 g/mol. The first kappa shape index (κ1) is 10.8. The highest BCUT2D eigenvalue weighted by molar-refractivity contribution is 8.10. The molecule has 1 rings (SSSR count). The van der Waals surface area contributed by atoms with Crippen LogP contribution in [-0.2, 0) is 9.33 Å². The van der Waals surface area contributed by atoms with E-state index >= 15 is 0 Å². The van der Waals surface area contributed by atoms with Crippen molar-refractivity contribution in [3.05, 3.63) is 22.4 Å². The molecule has 0 atom stereocenters. The molecular formula is C5H2Cl3NO3S. The Kier molecular flexibility index (Phi) is 3.23. The summed E-state index contributed by atoms with van der Waals surface area (Å²) in [7, 11) is 0.658.